The molecule has 4 N–H and O–H groups in total. The molecule has 5 heteroatoms. The molecule has 1 aliphatic heterocycles. The summed E-state index contributed by atoms with van der Waals surface area (Å²) in [6.45, 7) is 2.01. The molecule has 0 bridgehead atoms. The molecule has 1 fully saturated rings. The van der Waals surface area contributed by atoms with E-state index < -0.39 is 0 Å². The molecule has 1 aliphatic rings. The summed E-state index contributed by atoms with van der Waals surface area (Å²) in [5.74, 6) is 0.426. The van der Waals surface area contributed by atoms with Gasteiger partial charge in [0.15, 0.2) is 0 Å². The Labute approximate surface area is 81.7 Å². The second kappa shape index (κ2) is 3.79. The van der Waals surface area contributed by atoms with Crippen LogP contribution in [0, 0.1) is 0 Å². The van der Waals surface area contributed by atoms with Crippen LogP contribution in [0.1, 0.15) is 24.5 Å². The van der Waals surface area contributed by atoms with Gasteiger partial charge in [-0.3, -0.25) is 4.79 Å². The van der Waals surface area contributed by atoms with Crippen molar-refractivity contribution in [3.8, 4) is 0 Å². The number of piperidine rings is 1. The number of nitrogens with one attached hydrogen (secondary N) is 2. The molecule has 1 aromatic heterocycles. The lowest BCUT2D eigenvalue weighted by Crippen LogP contribution is -2.28. The Kier molecular flexibility index (Phi) is 2.49. The third-order valence-electron chi connectivity index (χ3n) is 2.61. The number of nitrogens with zero attached hydrogens (tertiary/aromatic N) is 1. The summed E-state index contributed by atoms with van der Waals surface area (Å²) >= 11 is 0. The number of hydrogen-bond donors (Lipinski definition) is 3. The van der Waals surface area contributed by atoms with Crippen LogP contribution < -0.4 is 16.6 Å². The smallest absolute Gasteiger partial charge is 0.287 e. The Morgan fingerprint density at radius 3 is 2.79 bits per heavy atom. The van der Waals surface area contributed by atoms with E-state index in [2.05, 4.69) is 15.5 Å². The van der Waals surface area contributed by atoms with Crippen LogP contribution in [0.3, 0.4) is 0 Å². The fraction of sp³-hybridized carbons (Fsp3) is 0.556. The monoisotopic (exact) mass is 194 g/mol. The first-order valence-corrected chi connectivity index (χ1v) is 4.83. The SMILES string of the molecule is Nc1cc(C2CCNCC2)n[nH]c1=O. The number of rotatable bonds is 1. The van der Waals surface area contributed by atoms with Gasteiger partial charge in [0.1, 0.15) is 5.69 Å². The van der Waals surface area contributed by atoms with Gasteiger partial charge in [0.05, 0.1) is 5.69 Å². The molecule has 0 radical (unpaired) electrons. The van der Waals surface area contributed by atoms with E-state index in [-0.39, 0.29) is 11.2 Å². The van der Waals surface area contributed by atoms with E-state index in [0.29, 0.717) is 5.92 Å². The van der Waals surface area contributed by atoms with Gasteiger partial charge in [-0.15, -0.1) is 0 Å². The maximum absolute atomic E-state index is 11.0. The molecule has 2 heterocycles. The largest absolute Gasteiger partial charge is 0.394 e. The van der Waals surface area contributed by atoms with Crippen molar-refractivity contribution in [2.24, 2.45) is 0 Å². The van der Waals surface area contributed by atoms with Crippen LogP contribution in [0.2, 0.25) is 0 Å². The van der Waals surface area contributed by atoms with Crippen molar-refractivity contribution in [1.29, 1.82) is 0 Å². The lowest BCUT2D eigenvalue weighted by atomic mass is 9.94. The molecule has 0 saturated carbocycles. The maximum Gasteiger partial charge on any atom is 0.287 e. The number of nitrogen functional groups attached to an aromatic ring is 1. The molecule has 0 aromatic carbocycles. The molecule has 14 heavy (non-hydrogen) atoms. The van der Waals surface area contributed by atoms with Crippen LogP contribution in [0.5, 0.6) is 0 Å². The molecular formula is C9H14N4O. The van der Waals surface area contributed by atoms with E-state index in [0.717, 1.165) is 31.6 Å². The average Bonchev–Trinajstić information content (AvgIpc) is 2.23. The van der Waals surface area contributed by atoms with Crippen molar-refractivity contribution in [3.05, 3.63) is 22.1 Å². The van der Waals surface area contributed by atoms with E-state index in [1.165, 1.54) is 0 Å². The molecule has 0 amide bonds. The van der Waals surface area contributed by atoms with Crippen LogP contribution >= 0.6 is 0 Å². The first kappa shape index (κ1) is 9.21. The molecule has 76 valence electrons. The summed E-state index contributed by atoms with van der Waals surface area (Å²) in [5, 5.41) is 9.71. The standard InChI is InChI=1S/C9H14N4O/c10-7-5-8(12-13-9(7)14)6-1-3-11-4-2-6/h5-6,11H,1-4H2,(H2,10,12)(H,13,14). The number of aromatic nitrogens is 2. The van der Waals surface area contributed by atoms with Gasteiger partial charge in [0.2, 0.25) is 0 Å². The Bertz CT molecular complexity index is 367. The van der Waals surface area contributed by atoms with Gasteiger partial charge in [-0.05, 0) is 32.0 Å². The van der Waals surface area contributed by atoms with Gasteiger partial charge in [-0.25, -0.2) is 5.10 Å². The number of anilines is 1. The fourth-order valence-electron chi connectivity index (χ4n) is 1.76. The van der Waals surface area contributed by atoms with Crippen LogP contribution in [0.4, 0.5) is 5.69 Å². The topological polar surface area (TPSA) is 83.8 Å². The minimum absolute atomic E-state index is 0.258. The summed E-state index contributed by atoms with van der Waals surface area (Å²) in [5.41, 5.74) is 6.39. The number of nitrogens with two attached hydrogens (primary N) is 1. The van der Waals surface area contributed by atoms with Gasteiger partial charge >= 0.3 is 0 Å². The van der Waals surface area contributed by atoms with Crippen molar-refractivity contribution in [3.63, 3.8) is 0 Å². The highest BCUT2D eigenvalue weighted by molar-refractivity contribution is 5.35. The maximum atomic E-state index is 11.0. The minimum atomic E-state index is -0.303. The summed E-state index contributed by atoms with van der Waals surface area (Å²) in [4.78, 5) is 11.0. The van der Waals surface area contributed by atoms with E-state index >= 15 is 0 Å². The molecule has 2 rings (SSSR count). The second-order valence-electron chi connectivity index (χ2n) is 3.60. The van der Waals surface area contributed by atoms with Gasteiger partial charge in [0.25, 0.3) is 5.56 Å². The third kappa shape index (κ3) is 1.77. The molecule has 0 atom stereocenters. The van der Waals surface area contributed by atoms with Crippen molar-refractivity contribution in [2.75, 3.05) is 18.8 Å². The van der Waals surface area contributed by atoms with Crippen LogP contribution in [-0.4, -0.2) is 23.3 Å². The first-order chi connectivity index (χ1) is 6.77. The minimum Gasteiger partial charge on any atom is -0.394 e. The molecule has 1 saturated heterocycles. The fourth-order valence-corrected chi connectivity index (χ4v) is 1.76. The van der Waals surface area contributed by atoms with E-state index in [1.807, 2.05) is 0 Å². The Morgan fingerprint density at radius 2 is 2.14 bits per heavy atom. The van der Waals surface area contributed by atoms with Crippen molar-refractivity contribution < 1.29 is 0 Å². The molecule has 0 unspecified atom stereocenters. The van der Waals surface area contributed by atoms with E-state index in [4.69, 9.17) is 5.73 Å². The molecule has 1 aromatic rings. The second-order valence-corrected chi connectivity index (χ2v) is 3.60. The number of hydrogen-bond acceptors (Lipinski definition) is 4. The van der Waals surface area contributed by atoms with Crippen molar-refractivity contribution in [2.45, 2.75) is 18.8 Å². The predicted octanol–water partition coefficient (Wildman–Crippen LogP) is -0.181. The lowest BCUT2D eigenvalue weighted by molar-refractivity contribution is 0.450. The zero-order valence-electron chi connectivity index (χ0n) is 7.92. The predicted molar refractivity (Wildman–Crippen MR) is 54.1 cm³/mol. The summed E-state index contributed by atoms with van der Waals surface area (Å²) in [6, 6.07) is 1.69. The summed E-state index contributed by atoms with van der Waals surface area (Å²) in [6.07, 6.45) is 2.11. The Balaban J connectivity index is 2.22. The van der Waals surface area contributed by atoms with E-state index in [9.17, 15) is 4.79 Å². The normalized spacial score (nSPS) is 18.3. The van der Waals surface area contributed by atoms with Crippen molar-refractivity contribution in [1.82, 2.24) is 15.5 Å². The first-order valence-electron chi connectivity index (χ1n) is 4.83. The number of aromatic amines is 1. The van der Waals surface area contributed by atoms with Crippen LogP contribution in [-0.2, 0) is 0 Å². The Hall–Kier alpha value is -1.36. The summed E-state index contributed by atoms with van der Waals surface area (Å²) < 4.78 is 0. The van der Waals surface area contributed by atoms with Gasteiger partial charge in [-0.2, -0.15) is 5.10 Å². The third-order valence-corrected chi connectivity index (χ3v) is 2.61. The molecule has 5 nitrogen and oxygen atoms in total. The van der Waals surface area contributed by atoms with Crippen LogP contribution in [0.15, 0.2) is 10.9 Å². The number of H-pyrrole nitrogens is 1. The molecule has 0 spiro atoms. The summed E-state index contributed by atoms with van der Waals surface area (Å²) in [7, 11) is 0. The average molecular weight is 194 g/mol. The highest BCUT2D eigenvalue weighted by Gasteiger charge is 2.17. The Morgan fingerprint density at radius 1 is 1.43 bits per heavy atom. The van der Waals surface area contributed by atoms with Crippen LogP contribution in [0.25, 0.3) is 0 Å². The molecular weight excluding hydrogens is 180 g/mol. The highest BCUT2D eigenvalue weighted by atomic mass is 16.1. The lowest BCUT2D eigenvalue weighted by Gasteiger charge is -2.21. The van der Waals surface area contributed by atoms with Gasteiger partial charge in [0, 0.05) is 5.92 Å². The van der Waals surface area contributed by atoms with E-state index in [1.54, 1.807) is 6.07 Å². The van der Waals surface area contributed by atoms with Crippen molar-refractivity contribution >= 4 is 5.69 Å². The zero-order chi connectivity index (χ0) is 9.97. The molecule has 0 aliphatic carbocycles. The van der Waals surface area contributed by atoms with Gasteiger partial charge < -0.3 is 11.1 Å². The zero-order valence-corrected chi connectivity index (χ0v) is 7.92. The highest BCUT2D eigenvalue weighted by Crippen LogP contribution is 2.22. The van der Waals surface area contributed by atoms with Gasteiger partial charge in [-0.1, -0.05) is 0 Å². The quantitative estimate of drug-likeness (QED) is 0.579.